The number of aromatic nitrogens is 5. The van der Waals surface area contributed by atoms with Crippen LogP contribution in [0.1, 0.15) is 19.3 Å². The van der Waals surface area contributed by atoms with Gasteiger partial charge in [-0.05, 0) is 25.0 Å². The summed E-state index contributed by atoms with van der Waals surface area (Å²) in [5.41, 5.74) is 7.75. The van der Waals surface area contributed by atoms with Crippen LogP contribution in [-0.2, 0) is 9.53 Å². The van der Waals surface area contributed by atoms with E-state index >= 15 is 0 Å². The van der Waals surface area contributed by atoms with Gasteiger partial charge in [-0.25, -0.2) is 14.4 Å². The summed E-state index contributed by atoms with van der Waals surface area (Å²) in [5.74, 6) is 0.802. The molecule has 11 nitrogen and oxygen atoms in total. The van der Waals surface area contributed by atoms with E-state index in [9.17, 15) is 9.18 Å². The number of H-pyrrole nitrogens is 1. The number of hydrogen-bond acceptors (Lipinski definition) is 11. The Kier molecular flexibility index (Phi) is 7.63. The predicted molar refractivity (Wildman–Crippen MR) is 140 cm³/mol. The van der Waals surface area contributed by atoms with E-state index in [-0.39, 0.29) is 24.4 Å². The first-order chi connectivity index (χ1) is 18.0. The number of nitrogens with one attached hydrogen (secondary N) is 3. The first-order valence-corrected chi connectivity index (χ1v) is 12.9. The highest BCUT2D eigenvalue weighted by atomic mass is 32.2. The van der Waals surface area contributed by atoms with Crippen LogP contribution in [0.15, 0.2) is 29.7 Å². The molecule has 0 amide bonds. The number of anilines is 2. The lowest BCUT2D eigenvalue weighted by molar-refractivity contribution is -0.116. The SMILES string of the molecule is CNc1cc(F)cc2c1[nH]c1nc3nc(c12)N[C@H](CN)COCCCCC(=O)CSc1ncc(cn1)O3. The van der Waals surface area contributed by atoms with E-state index < -0.39 is 5.82 Å². The molecular weight excluding hydrogens is 499 g/mol. The molecule has 0 aliphatic carbocycles. The predicted octanol–water partition coefficient (Wildman–Crippen LogP) is 3.48. The lowest BCUT2D eigenvalue weighted by Gasteiger charge is -2.18. The van der Waals surface area contributed by atoms with Crippen molar-refractivity contribution in [3.63, 3.8) is 0 Å². The molecule has 5 N–H and O–H groups in total. The smallest absolute Gasteiger partial charge is 0.326 e. The van der Waals surface area contributed by atoms with E-state index in [0.29, 0.717) is 69.7 Å². The van der Waals surface area contributed by atoms with Crippen molar-refractivity contribution in [2.75, 3.05) is 43.2 Å². The van der Waals surface area contributed by atoms with Gasteiger partial charge in [-0.2, -0.15) is 9.97 Å². The fourth-order valence-electron chi connectivity index (χ4n) is 4.06. The summed E-state index contributed by atoms with van der Waals surface area (Å²) in [4.78, 5) is 33.1. The highest BCUT2D eigenvalue weighted by Gasteiger charge is 2.20. The highest BCUT2D eigenvalue weighted by molar-refractivity contribution is 7.99. The number of carbonyl (C=O) groups excluding carboxylic acids is 1. The van der Waals surface area contributed by atoms with E-state index in [1.165, 1.54) is 36.3 Å². The topological polar surface area (TPSA) is 153 Å². The molecule has 194 valence electrons. The minimum Gasteiger partial charge on any atom is -0.421 e. The average Bonchev–Trinajstić information content (AvgIpc) is 3.26. The summed E-state index contributed by atoms with van der Waals surface area (Å²) in [6.07, 6.45) is 4.97. The van der Waals surface area contributed by atoms with Gasteiger partial charge in [-0.3, -0.25) is 4.79 Å². The monoisotopic (exact) mass is 526 g/mol. The highest BCUT2D eigenvalue weighted by Crippen LogP contribution is 2.36. The summed E-state index contributed by atoms with van der Waals surface area (Å²) in [6.45, 7) is 1.10. The first kappa shape index (κ1) is 25.1. The standard InChI is InChI=1S/C24H27FN8O3S/c1-27-18-7-13(25)6-17-19-21-30-14(8-26)11-35-5-3-2-4-15(34)12-37-24-28-9-16(10-29-24)36-23(32-21)33-22(19)31-20(17)18/h6-7,9-10,14,27H,2-5,8,11-12,26H2,1H3,(H2,30,31,32,33)/t14-/m1/s1. The van der Waals surface area contributed by atoms with Crippen molar-refractivity contribution < 1.29 is 18.7 Å². The number of fused-ring (bicyclic) bond motifs is 15. The number of Topliss-reactive ketones (excluding diaryl/α,β-unsaturated/α-hetero) is 1. The molecule has 1 atom stereocenters. The molecule has 0 fully saturated rings. The van der Waals surface area contributed by atoms with Crippen LogP contribution in [0.3, 0.4) is 0 Å². The maximum absolute atomic E-state index is 14.5. The van der Waals surface area contributed by atoms with Gasteiger partial charge in [0.1, 0.15) is 23.1 Å². The summed E-state index contributed by atoms with van der Waals surface area (Å²) < 4.78 is 26.2. The Morgan fingerprint density at radius 3 is 2.86 bits per heavy atom. The Bertz CT molecular complexity index is 1420. The zero-order valence-corrected chi connectivity index (χ0v) is 21.0. The normalized spacial score (nSPS) is 17.6. The summed E-state index contributed by atoms with van der Waals surface area (Å²) >= 11 is 1.28. The number of nitrogens with zero attached hydrogens (tertiary/aromatic N) is 4. The largest absolute Gasteiger partial charge is 0.421 e. The van der Waals surface area contributed by atoms with Gasteiger partial charge in [-0.1, -0.05) is 11.8 Å². The number of aromatic amines is 1. The minimum atomic E-state index is -0.395. The van der Waals surface area contributed by atoms with Crippen LogP contribution in [0.2, 0.25) is 0 Å². The van der Waals surface area contributed by atoms with Gasteiger partial charge in [-0.15, -0.1) is 0 Å². The number of nitrogens with two attached hydrogens (primary N) is 1. The Morgan fingerprint density at radius 2 is 2.08 bits per heavy atom. The van der Waals surface area contributed by atoms with E-state index in [1.807, 2.05) is 0 Å². The van der Waals surface area contributed by atoms with Crippen molar-refractivity contribution in [2.45, 2.75) is 30.5 Å². The number of thioether (sulfide) groups is 1. The first-order valence-electron chi connectivity index (χ1n) is 11.9. The van der Waals surface area contributed by atoms with Gasteiger partial charge in [0.15, 0.2) is 10.9 Å². The molecule has 2 aliphatic heterocycles. The summed E-state index contributed by atoms with van der Waals surface area (Å²) in [5, 5.41) is 8.02. The van der Waals surface area contributed by atoms with E-state index in [4.69, 9.17) is 15.2 Å². The zero-order chi connectivity index (χ0) is 25.8. The van der Waals surface area contributed by atoms with E-state index in [1.54, 1.807) is 7.05 Å². The summed E-state index contributed by atoms with van der Waals surface area (Å²) in [7, 11) is 1.72. The number of halogens is 1. The molecule has 13 heteroatoms. The molecule has 0 unspecified atom stereocenters. The van der Waals surface area contributed by atoms with Gasteiger partial charge >= 0.3 is 6.01 Å². The van der Waals surface area contributed by atoms with Gasteiger partial charge < -0.3 is 30.8 Å². The Morgan fingerprint density at radius 1 is 1.24 bits per heavy atom. The fraction of sp³-hybridized carbons (Fsp3) is 0.375. The molecule has 2 aliphatic rings. The molecule has 5 heterocycles. The average molecular weight is 527 g/mol. The molecule has 6 rings (SSSR count). The number of ketones is 1. The third-order valence-electron chi connectivity index (χ3n) is 5.89. The van der Waals surface area contributed by atoms with Crippen LogP contribution in [-0.4, -0.2) is 69.3 Å². The molecule has 4 aromatic rings. The van der Waals surface area contributed by atoms with Crippen LogP contribution in [0, 0.1) is 5.82 Å². The fourth-order valence-corrected chi connectivity index (χ4v) is 4.75. The van der Waals surface area contributed by atoms with Crippen molar-refractivity contribution >= 4 is 51.0 Å². The second-order valence-corrected chi connectivity index (χ2v) is 9.51. The second-order valence-electron chi connectivity index (χ2n) is 8.57. The van der Waals surface area contributed by atoms with Crippen LogP contribution in [0.4, 0.5) is 15.9 Å². The lowest BCUT2D eigenvalue weighted by atomic mass is 10.1. The Balaban J connectivity index is 1.57. The Hall–Kier alpha value is -3.55. The molecule has 4 bridgehead atoms. The number of carbonyl (C=O) groups is 1. The zero-order valence-electron chi connectivity index (χ0n) is 20.2. The molecule has 37 heavy (non-hydrogen) atoms. The van der Waals surface area contributed by atoms with Crippen LogP contribution in [0.25, 0.3) is 21.9 Å². The molecule has 0 saturated heterocycles. The maximum atomic E-state index is 14.5. The van der Waals surface area contributed by atoms with Gasteiger partial charge in [0, 0.05) is 32.0 Å². The molecule has 3 aromatic heterocycles. The molecule has 0 saturated carbocycles. The van der Waals surface area contributed by atoms with Crippen LogP contribution in [0.5, 0.6) is 11.8 Å². The Labute approximate surface area is 216 Å². The summed E-state index contributed by atoms with van der Waals surface area (Å²) in [6, 6.07) is 2.61. The molecule has 0 spiro atoms. The van der Waals surface area contributed by atoms with E-state index in [0.717, 1.165) is 12.8 Å². The third kappa shape index (κ3) is 5.73. The van der Waals surface area contributed by atoms with Crippen molar-refractivity contribution in [3.8, 4) is 11.8 Å². The van der Waals surface area contributed by atoms with Crippen LogP contribution >= 0.6 is 11.8 Å². The minimum absolute atomic E-state index is 0.0434. The lowest BCUT2D eigenvalue weighted by Crippen LogP contribution is -2.34. The van der Waals surface area contributed by atoms with Crippen molar-refractivity contribution in [2.24, 2.45) is 5.73 Å². The number of rotatable bonds is 2. The number of hydrogen-bond donors (Lipinski definition) is 4. The van der Waals surface area contributed by atoms with Crippen molar-refractivity contribution in [1.82, 2.24) is 24.9 Å². The maximum Gasteiger partial charge on any atom is 0.326 e. The second kappa shape index (κ2) is 11.2. The van der Waals surface area contributed by atoms with Crippen LogP contribution < -0.4 is 21.1 Å². The third-order valence-corrected chi connectivity index (χ3v) is 6.82. The van der Waals surface area contributed by atoms with Gasteiger partial charge in [0.25, 0.3) is 0 Å². The van der Waals surface area contributed by atoms with Crippen molar-refractivity contribution in [3.05, 3.63) is 30.3 Å². The van der Waals surface area contributed by atoms with Crippen molar-refractivity contribution in [1.29, 1.82) is 0 Å². The van der Waals surface area contributed by atoms with Gasteiger partial charge in [0.2, 0.25) is 0 Å². The number of benzene rings is 1. The van der Waals surface area contributed by atoms with E-state index in [2.05, 4.69) is 35.6 Å². The molecular formula is C24H27FN8O3S. The number of ether oxygens (including phenoxy) is 2. The van der Waals surface area contributed by atoms with Gasteiger partial charge in [0.05, 0.1) is 47.4 Å². The molecule has 1 aromatic carbocycles. The quantitative estimate of drug-likeness (QED) is 0.284. The molecule has 0 radical (unpaired) electrons.